The van der Waals surface area contributed by atoms with Crippen molar-refractivity contribution in [3.05, 3.63) is 33.8 Å². The van der Waals surface area contributed by atoms with Gasteiger partial charge in [-0.3, -0.25) is 4.90 Å². The summed E-state index contributed by atoms with van der Waals surface area (Å²) in [5.41, 5.74) is 8.65. The second-order valence-corrected chi connectivity index (χ2v) is 7.57. The van der Waals surface area contributed by atoms with Crippen molar-refractivity contribution in [3.63, 3.8) is 0 Å². The SMILES string of the molecule is CC(C)(C)C1CCN(Cc2ccc(CN)cc2Br)C1. The molecule has 2 nitrogen and oxygen atoms in total. The predicted molar refractivity (Wildman–Crippen MR) is 84.9 cm³/mol. The van der Waals surface area contributed by atoms with Crippen LogP contribution in [-0.2, 0) is 13.1 Å². The highest BCUT2D eigenvalue weighted by Gasteiger charge is 2.31. The lowest BCUT2D eigenvalue weighted by Crippen LogP contribution is -2.25. The van der Waals surface area contributed by atoms with Crippen molar-refractivity contribution in [1.29, 1.82) is 0 Å². The van der Waals surface area contributed by atoms with E-state index in [4.69, 9.17) is 5.73 Å². The van der Waals surface area contributed by atoms with Crippen LogP contribution in [0.5, 0.6) is 0 Å². The average molecular weight is 325 g/mol. The smallest absolute Gasteiger partial charge is 0.0245 e. The molecule has 0 aromatic heterocycles. The van der Waals surface area contributed by atoms with E-state index in [0.29, 0.717) is 12.0 Å². The van der Waals surface area contributed by atoms with Crippen LogP contribution < -0.4 is 5.73 Å². The Labute approximate surface area is 125 Å². The molecule has 0 amide bonds. The van der Waals surface area contributed by atoms with Gasteiger partial charge < -0.3 is 5.73 Å². The van der Waals surface area contributed by atoms with Crippen LogP contribution in [0.25, 0.3) is 0 Å². The molecule has 2 N–H and O–H groups in total. The van der Waals surface area contributed by atoms with Gasteiger partial charge in [-0.25, -0.2) is 0 Å². The van der Waals surface area contributed by atoms with Gasteiger partial charge in [0.15, 0.2) is 0 Å². The highest BCUT2D eigenvalue weighted by molar-refractivity contribution is 9.10. The van der Waals surface area contributed by atoms with Crippen LogP contribution in [0.1, 0.15) is 38.3 Å². The Balaban J connectivity index is 1.99. The van der Waals surface area contributed by atoms with Gasteiger partial charge in [0.2, 0.25) is 0 Å². The van der Waals surface area contributed by atoms with E-state index in [-0.39, 0.29) is 0 Å². The number of rotatable bonds is 3. The Bertz CT molecular complexity index is 437. The first-order chi connectivity index (χ1) is 8.90. The van der Waals surface area contributed by atoms with Gasteiger partial charge in [0, 0.05) is 24.1 Å². The van der Waals surface area contributed by atoms with E-state index in [1.54, 1.807) is 0 Å². The molecule has 2 rings (SSSR count). The van der Waals surface area contributed by atoms with Gasteiger partial charge in [0.1, 0.15) is 0 Å². The molecule has 1 saturated heterocycles. The Morgan fingerprint density at radius 2 is 2.11 bits per heavy atom. The number of halogens is 1. The van der Waals surface area contributed by atoms with Gasteiger partial charge in [0.05, 0.1) is 0 Å². The molecular weight excluding hydrogens is 300 g/mol. The number of nitrogens with two attached hydrogens (primary N) is 1. The van der Waals surface area contributed by atoms with Gasteiger partial charge in [-0.2, -0.15) is 0 Å². The van der Waals surface area contributed by atoms with Crippen molar-refractivity contribution in [3.8, 4) is 0 Å². The minimum absolute atomic E-state index is 0.426. The Hall–Kier alpha value is -0.380. The summed E-state index contributed by atoms with van der Waals surface area (Å²) in [4.78, 5) is 2.57. The van der Waals surface area contributed by atoms with E-state index in [9.17, 15) is 0 Å². The average Bonchev–Trinajstić information content (AvgIpc) is 2.80. The fourth-order valence-corrected chi connectivity index (χ4v) is 3.32. The summed E-state index contributed by atoms with van der Waals surface area (Å²) in [6.07, 6.45) is 1.32. The molecule has 0 aliphatic carbocycles. The summed E-state index contributed by atoms with van der Waals surface area (Å²) < 4.78 is 1.19. The molecular formula is C16H25BrN2. The van der Waals surface area contributed by atoms with Crippen LogP contribution in [0, 0.1) is 11.3 Å². The lowest BCUT2D eigenvalue weighted by Gasteiger charge is -2.27. The number of likely N-dealkylation sites (tertiary alicyclic amines) is 1. The number of hydrogen-bond donors (Lipinski definition) is 1. The Morgan fingerprint density at radius 1 is 1.37 bits per heavy atom. The maximum atomic E-state index is 5.67. The molecule has 1 unspecified atom stereocenters. The zero-order valence-electron chi connectivity index (χ0n) is 12.2. The van der Waals surface area contributed by atoms with E-state index in [1.807, 2.05) is 0 Å². The first-order valence-electron chi connectivity index (χ1n) is 7.10. The Kier molecular flexibility index (Phi) is 4.70. The maximum Gasteiger partial charge on any atom is 0.0245 e. The molecule has 1 fully saturated rings. The van der Waals surface area contributed by atoms with Crippen molar-refractivity contribution < 1.29 is 0 Å². The summed E-state index contributed by atoms with van der Waals surface area (Å²) in [5.74, 6) is 0.814. The van der Waals surface area contributed by atoms with Crippen molar-refractivity contribution >= 4 is 15.9 Å². The van der Waals surface area contributed by atoms with Gasteiger partial charge in [-0.1, -0.05) is 48.8 Å². The summed E-state index contributed by atoms with van der Waals surface area (Å²) in [5, 5.41) is 0. The van der Waals surface area contributed by atoms with Crippen LogP contribution >= 0.6 is 15.9 Å². The first kappa shape index (κ1) is 15.0. The normalized spacial score (nSPS) is 21.0. The first-order valence-corrected chi connectivity index (χ1v) is 7.89. The molecule has 106 valence electrons. The largest absolute Gasteiger partial charge is 0.326 e. The minimum Gasteiger partial charge on any atom is -0.326 e. The molecule has 1 atom stereocenters. The minimum atomic E-state index is 0.426. The molecule has 0 bridgehead atoms. The van der Waals surface area contributed by atoms with Crippen molar-refractivity contribution in [2.45, 2.75) is 40.3 Å². The third kappa shape index (κ3) is 3.80. The molecule has 1 heterocycles. The van der Waals surface area contributed by atoms with E-state index in [1.165, 1.54) is 35.1 Å². The summed E-state index contributed by atoms with van der Waals surface area (Å²) in [6, 6.07) is 6.49. The highest BCUT2D eigenvalue weighted by atomic mass is 79.9. The molecule has 1 aliphatic rings. The fourth-order valence-electron chi connectivity index (χ4n) is 2.77. The number of hydrogen-bond acceptors (Lipinski definition) is 2. The summed E-state index contributed by atoms with van der Waals surface area (Å²) in [7, 11) is 0. The van der Waals surface area contributed by atoms with E-state index < -0.39 is 0 Å². The maximum absolute atomic E-state index is 5.67. The highest BCUT2D eigenvalue weighted by Crippen LogP contribution is 2.34. The van der Waals surface area contributed by atoms with Crippen LogP contribution in [0.3, 0.4) is 0 Å². The lowest BCUT2D eigenvalue weighted by molar-refractivity contribution is 0.226. The van der Waals surface area contributed by atoms with E-state index >= 15 is 0 Å². The van der Waals surface area contributed by atoms with Crippen LogP contribution in [0.15, 0.2) is 22.7 Å². The standard InChI is InChI=1S/C16H25BrN2/c1-16(2,3)14-6-7-19(11-14)10-13-5-4-12(9-18)8-15(13)17/h4-5,8,14H,6-7,9-11,18H2,1-3H3. The molecule has 3 heteroatoms. The van der Waals surface area contributed by atoms with Gasteiger partial charge in [-0.15, -0.1) is 0 Å². The predicted octanol–water partition coefficient (Wildman–Crippen LogP) is 3.78. The second-order valence-electron chi connectivity index (χ2n) is 6.72. The molecule has 0 saturated carbocycles. The molecule has 0 spiro atoms. The zero-order valence-corrected chi connectivity index (χ0v) is 13.8. The molecule has 1 aliphatic heterocycles. The Morgan fingerprint density at radius 3 is 2.63 bits per heavy atom. The van der Waals surface area contributed by atoms with Crippen molar-refractivity contribution in [2.24, 2.45) is 17.1 Å². The molecule has 1 aromatic rings. The lowest BCUT2D eigenvalue weighted by atomic mass is 9.80. The molecule has 1 aromatic carbocycles. The van der Waals surface area contributed by atoms with Gasteiger partial charge in [-0.05, 0) is 41.5 Å². The fraction of sp³-hybridized carbons (Fsp3) is 0.625. The van der Waals surface area contributed by atoms with Crippen LogP contribution in [0.4, 0.5) is 0 Å². The third-order valence-corrected chi connectivity index (χ3v) is 4.98. The van der Waals surface area contributed by atoms with Gasteiger partial charge >= 0.3 is 0 Å². The topological polar surface area (TPSA) is 29.3 Å². The van der Waals surface area contributed by atoms with Crippen LogP contribution in [0.2, 0.25) is 0 Å². The van der Waals surface area contributed by atoms with E-state index in [2.05, 4.69) is 59.8 Å². The molecule has 0 radical (unpaired) electrons. The van der Waals surface area contributed by atoms with E-state index in [0.717, 1.165) is 12.5 Å². The number of nitrogens with zero attached hydrogens (tertiary/aromatic N) is 1. The number of benzene rings is 1. The second kappa shape index (κ2) is 5.94. The zero-order chi connectivity index (χ0) is 14.0. The van der Waals surface area contributed by atoms with Crippen LogP contribution in [-0.4, -0.2) is 18.0 Å². The summed E-state index contributed by atoms with van der Waals surface area (Å²) >= 11 is 3.67. The summed E-state index contributed by atoms with van der Waals surface area (Å²) in [6.45, 7) is 11.1. The van der Waals surface area contributed by atoms with Gasteiger partial charge in [0.25, 0.3) is 0 Å². The molecule has 19 heavy (non-hydrogen) atoms. The third-order valence-electron chi connectivity index (χ3n) is 4.24. The monoisotopic (exact) mass is 324 g/mol. The quantitative estimate of drug-likeness (QED) is 0.916. The van der Waals surface area contributed by atoms with Crippen molar-refractivity contribution in [1.82, 2.24) is 4.90 Å². The van der Waals surface area contributed by atoms with Crippen molar-refractivity contribution in [2.75, 3.05) is 13.1 Å².